The first-order chi connectivity index (χ1) is 15.2. The van der Waals surface area contributed by atoms with Crippen molar-refractivity contribution in [1.29, 1.82) is 0 Å². The Morgan fingerprint density at radius 1 is 1.06 bits per heavy atom. The van der Waals surface area contributed by atoms with Gasteiger partial charge in [-0.05, 0) is 42.4 Å². The van der Waals surface area contributed by atoms with Crippen molar-refractivity contribution in [3.05, 3.63) is 71.3 Å². The van der Waals surface area contributed by atoms with Gasteiger partial charge in [-0.3, -0.25) is 14.5 Å². The summed E-state index contributed by atoms with van der Waals surface area (Å²) in [6, 6.07) is 16.7. The molecule has 0 aliphatic carbocycles. The third-order valence-corrected chi connectivity index (χ3v) is 5.89. The Labute approximate surface area is 190 Å². The SMILES string of the molecule is CCCc1ccc(C2(C)NC(=O)N(CC(=O)NC(CC(C)C)c3ccccc3)C2=O)cc1. The standard InChI is InChI=1S/C26H33N3O3/c1-5-9-19-12-14-21(15-13-19)26(4)24(31)29(25(32)28-26)17-23(30)27-22(16-18(2)3)20-10-7-6-8-11-20/h6-8,10-15,18,22H,5,9,16-17H2,1-4H3,(H,27,30)(H,28,32). The van der Waals surface area contributed by atoms with E-state index in [1.165, 1.54) is 5.56 Å². The van der Waals surface area contributed by atoms with Crippen LogP contribution >= 0.6 is 0 Å². The first-order valence-corrected chi connectivity index (χ1v) is 11.3. The Balaban J connectivity index is 1.72. The highest BCUT2D eigenvalue weighted by Crippen LogP contribution is 2.29. The first kappa shape index (κ1) is 23.5. The molecule has 3 rings (SSSR count). The summed E-state index contributed by atoms with van der Waals surface area (Å²) >= 11 is 0. The van der Waals surface area contributed by atoms with Crippen molar-refractivity contribution in [3.63, 3.8) is 0 Å². The van der Waals surface area contributed by atoms with E-state index in [0.717, 1.165) is 29.7 Å². The average molecular weight is 436 g/mol. The maximum Gasteiger partial charge on any atom is 0.325 e. The van der Waals surface area contributed by atoms with Gasteiger partial charge in [0.1, 0.15) is 12.1 Å². The van der Waals surface area contributed by atoms with E-state index >= 15 is 0 Å². The number of hydrogen-bond acceptors (Lipinski definition) is 3. The zero-order valence-corrected chi connectivity index (χ0v) is 19.4. The monoisotopic (exact) mass is 435 g/mol. The van der Waals surface area contributed by atoms with Gasteiger partial charge in [0.2, 0.25) is 5.91 Å². The topological polar surface area (TPSA) is 78.5 Å². The van der Waals surface area contributed by atoms with E-state index in [-0.39, 0.29) is 18.5 Å². The minimum absolute atomic E-state index is 0.179. The van der Waals surface area contributed by atoms with E-state index < -0.39 is 17.5 Å². The van der Waals surface area contributed by atoms with Crippen LogP contribution in [0, 0.1) is 5.92 Å². The number of imide groups is 1. The molecular formula is C26H33N3O3. The summed E-state index contributed by atoms with van der Waals surface area (Å²) in [5.41, 5.74) is 1.72. The second kappa shape index (κ2) is 9.98. The van der Waals surface area contributed by atoms with Crippen LogP contribution in [0.4, 0.5) is 4.79 Å². The van der Waals surface area contributed by atoms with Crippen LogP contribution in [-0.4, -0.2) is 29.3 Å². The minimum Gasteiger partial charge on any atom is -0.348 e. The molecule has 2 N–H and O–H groups in total. The van der Waals surface area contributed by atoms with Crippen LogP contribution in [0.1, 0.15) is 63.3 Å². The molecule has 1 saturated heterocycles. The summed E-state index contributed by atoms with van der Waals surface area (Å²) < 4.78 is 0. The van der Waals surface area contributed by atoms with Crippen molar-refractivity contribution >= 4 is 17.8 Å². The maximum atomic E-state index is 13.2. The number of benzene rings is 2. The highest BCUT2D eigenvalue weighted by atomic mass is 16.2. The molecule has 6 heteroatoms. The largest absolute Gasteiger partial charge is 0.348 e. The lowest BCUT2D eigenvalue weighted by atomic mass is 9.91. The van der Waals surface area contributed by atoms with E-state index in [1.54, 1.807) is 6.92 Å². The Hall–Kier alpha value is -3.15. The van der Waals surface area contributed by atoms with Crippen molar-refractivity contribution in [3.8, 4) is 0 Å². The number of hydrogen-bond donors (Lipinski definition) is 2. The molecule has 32 heavy (non-hydrogen) atoms. The second-order valence-electron chi connectivity index (χ2n) is 9.05. The molecule has 2 unspecified atom stereocenters. The quantitative estimate of drug-likeness (QED) is 0.576. The summed E-state index contributed by atoms with van der Waals surface area (Å²) in [5.74, 6) is -0.400. The van der Waals surface area contributed by atoms with Gasteiger partial charge in [0, 0.05) is 0 Å². The number of urea groups is 1. The van der Waals surface area contributed by atoms with Crippen LogP contribution in [0.25, 0.3) is 0 Å². The number of carbonyl (C=O) groups is 3. The van der Waals surface area contributed by atoms with Gasteiger partial charge in [0.15, 0.2) is 0 Å². The third kappa shape index (κ3) is 5.18. The summed E-state index contributed by atoms with van der Waals surface area (Å²) in [5, 5.41) is 5.79. The van der Waals surface area contributed by atoms with Gasteiger partial charge in [0.25, 0.3) is 5.91 Å². The van der Waals surface area contributed by atoms with Gasteiger partial charge in [-0.25, -0.2) is 4.79 Å². The molecular weight excluding hydrogens is 402 g/mol. The predicted molar refractivity (Wildman–Crippen MR) is 125 cm³/mol. The molecule has 0 spiro atoms. The predicted octanol–water partition coefficient (Wildman–Crippen LogP) is 4.31. The molecule has 4 amide bonds. The molecule has 2 atom stereocenters. The third-order valence-electron chi connectivity index (χ3n) is 5.89. The molecule has 1 aliphatic rings. The first-order valence-electron chi connectivity index (χ1n) is 11.3. The molecule has 0 bridgehead atoms. The minimum atomic E-state index is -1.18. The van der Waals surface area contributed by atoms with E-state index in [4.69, 9.17) is 0 Å². The van der Waals surface area contributed by atoms with E-state index in [9.17, 15) is 14.4 Å². The van der Waals surface area contributed by atoms with Gasteiger partial charge >= 0.3 is 6.03 Å². The number of aryl methyl sites for hydroxylation is 1. The summed E-state index contributed by atoms with van der Waals surface area (Å²) in [6.45, 7) is 7.68. The van der Waals surface area contributed by atoms with Crippen LogP contribution in [-0.2, 0) is 21.5 Å². The smallest absolute Gasteiger partial charge is 0.325 e. The van der Waals surface area contributed by atoms with Crippen LogP contribution in [0.3, 0.4) is 0 Å². The van der Waals surface area contributed by atoms with Gasteiger partial charge in [0.05, 0.1) is 6.04 Å². The van der Waals surface area contributed by atoms with E-state index in [0.29, 0.717) is 11.5 Å². The highest BCUT2D eigenvalue weighted by Gasteiger charge is 2.49. The molecule has 2 aromatic carbocycles. The van der Waals surface area contributed by atoms with Crippen molar-refractivity contribution in [1.82, 2.24) is 15.5 Å². The maximum absolute atomic E-state index is 13.2. The van der Waals surface area contributed by atoms with Gasteiger partial charge in [-0.15, -0.1) is 0 Å². The fraction of sp³-hybridized carbons (Fsp3) is 0.423. The van der Waals surface area contributed by atoms with E-state index in [1.807, 2.05) is 54.6 Å². The molecule has 6 nitrogen and oxygen atoms in total. The van der Waals surface area contributed by atoms with Crippen LogP contribution < -0.4 is 10.6 Å². The fourth-order valence-corrected chi connectivity index (χ4v) is 4.15. The lowest BCUT2D eigenvalue weighted by molar-refractivity contribution is -0.135. The van der Waals surface area contributed by atoms with Crippen molar-refractivity contribution in [2.75, 3.05) is 6.54 Å². The Morgan fingerprint density at radius 2 is 1.72 bits per heavy atom. The molecule has 0 radical (unpaired) electrons. The molecule has 1 heterocycles. The number of nitrogens with zero attached hydrogens (tertiary/aromatic N) is 1. The van der Waals surface area contributed by atoms with Gasteiger partial charge < -0.3 is 10.6 Å². The van der Waals surface area contributed by atoms with Gasteiger partial charge in [-0.1, -0.05) is 81.8 Å². The summed E-state index contributed by atoms with van der Waals surface area (Å²) in [6.07, 6.45) is 2.76. The van der Waals surface area contributed by atoms with Gasteiger partial charge in [-0.2, -0.15) is 0 Å². The summed E-state index contributed by atoms with van der Waals surface area (Å²) in [4.78, 5) is 39.6. The van der Waals surface area contributed by atoms with Crippen LogP contribution in [0.2, 0.25) is 0 Å². The summed E-state index contributed by atoms with van der Waals surface area (Å²) in [7, 11) is 0. The Morgan fingerprint density at radius 3 is 2.31 bits per heavy atom. The van der Waals surface area contributed by atoms with Crippen molar-refractivity contribution < 1.29 is 14.4 Å². The van der Waals surface area contributed by atoms with Crippen molar-refractivity contribution in [2.24, 2.45) is 5.92 Å². The molecule has 1 aliphatic heterocycles. The fourth-order valence-electron chi connectivity index (χ4n) is 4.15. The number of carbonyl (C=O) groups excluding carboxylic acids is 3. The molecule has 1 fully saturated rings. The Kier molecular flexibility index (Phi) is 7.33. The van der Waals surface area contributed by atoms with Crippen LogP contribution in [0.15, 0.2) is 54.6 Å². The molecule has 0 saturated carbocycles. The number of rotatable bonds is 9. The van der Waals surface area contributed by atoms with E-state index in [2.05, 4.69) is 31.4 Å². The zero-order valence-electron chi connectivity index (χ0n) is 19.4. The van der Waals surface area contributed by atoms with Crippen LogP contribution in [0.5, 0.6) is 0 Å². The second-order valence-corrected chi connectivity index (χ2v) is 9.05. The zero-order chi connectivity index (χ0) is 23.3. The van der Waals surface area contributed by atoms with Crippen molar-refractivity contribution in [2.45, 2.75) is 58.5 Å². The lowest BCUT2D eigenvalue weighted by Crippen LogP contribution is -2.44. The molecule has 0 aromatic heterocycles. The number of amides is 4. The Bertz CT molecular complexity index is 956. The highest BCUT2D eigenvalue weighted by molar-refractivity contribution is 6.09. The molecule has 170 valence electrons. The average Bonchev–Trinajstić information content (AvgIpc) is 2.98. The lowest BCUT2D eigenvalue weighted by Gasteiger charge is -2.24. The number of nitrogens with one attached hydrogen (secondary N) is 2. The normalized spacial score (nSPS) is 19.2. The molecule has 2 aromatic rings.